The molecule has 1 aliphatic rings. The fraction of sp³-hybridized carbons (Fsp3) is 0.278. The summed E-state index contributed by atoms with van der Waals surface area (Å²) in [6.07, 6.45) is 0.816. The lowest BCUT2D eigenvalue weighted by Gasteiger charge is -2.16. The number of anilines is 1. The number of amides is 2. The molecule has 3 rings (SSSR count). The van der Waals surface area contributed by atoms with Crippen molar-refractivity contribution in [1.29, 1.82) is 0 Å². The van der Waals surface area contributed by atoms with Gasteiger partial charge in [0, 0.05) is 25.8 Å². The molecule has 0 aromatic heterocycles. The van der Waals surface area contributed by atoms with Gasteiger partial charge in [-0.1, -0.05) is 25.1 Å². The van der Waals surface area contributed by atoms with Crippen molar-refractivity contribution in [2.24, 2.45) is 0 Å². The number of hydrogen-bond donors (Lipinski definition) is 0. The van der Waals surface area contributed by atoms with E-state index in [9.17, 15) is 9.00 Å². The standard InChI is InChI=1S/C18H20N2O3S/c1-3-14-6-4-5-7-17(14)23-24(22)16-10-8-15(9-11-16)20-13-12-19(2)18(20)21/h4-11H,3,12-13H2,1-2H3. The highest BCUT2D eigenvalue weighted by Gasteiger charge is 2.26. The van der Waals surface area contributed by atoms with Gasteiger partial charge in [-0.05, 0) is 42.3 Å². The van der Waals surface area contributed by atoms with Crippen molar-refractivity contribution >= 4 is 22.8 Å². The van der Waals surface area contributed by atoms with E-state index >= 15 is 0 Å². The van der Waals surface area contributed by atoms with E-state index in [-0.39, 0.29) is 6.03 Å². The highest BCUT2D eigenvalue weighted by atomic mass is 32.2. The molecular weight excluding hydrogens is 324 g/mol. The van der Waals surface area contributed by atoms with Crippen molar-refractivity contribution in [3.8, 4) is 5.75 Å². The largest absolute Gasteiger partial charge is 0.397 e. The molecule has 24 heavy (non-hydrogen) atoms. The van der Waals surface area contributed by atoms with E-state index in [1.54, 1.807) is 41.1 Å². The predicted molar refractivity (Wildman–Crippen MR) is 94.7 cm³/mol. The van der Waals surface area contributed by atoms with E-state index < -0.39 is 11.1 Å². The van der Waals surface area contributed by atoms with Crippen LogP contribution >= 0.6 is 0 Å². The molecular formula is C18H20N2O3S. The maximum absolute atomic E-state index is 12.4. The zero-order valence-electron chi connectivity index (χ0n) is 13.8. The van der Waals surface area contributed by atoms with E-state index in [1.807, 2.05) is 31.2 Å². The summed E-state index contributed by atoms with van der Waals surface area (Å²) in [5, 5.41) is 0. The van der Waals surface area contributed by atoms with E-state index in [1.165, 1.54) is 0 Å². The molecule has 126 valence electrons. The maximum Gasteiger partial charge on any atom is 0.324 e. The highest BCUT2D eigenvalue weighted by molar-refractivity contribution is 7.80. The van der Waals surface area contributed by atoms with Gasteiger partial charge >= 0.3 is 6.03 Å². The topological polar surface area (TPSA) is 49.9 Å². The number of carbonyl (C=O) groups excluding carboxylic acids is 1. The van der Waals surface area contributed by atoms with Gasteiger partial charge < -0.3 is 9.08 Å². The number of carbonyl (C=O) groups is 1. The van der Waals surface area contributed by atoms with Crippen LogP contribution in [0.3, 0.4) is 0 Å². The van der Waals surface area contributed by atoms with Gasteiger partial charge in [0.05, 0.1) is 4.90 Å². The number of rotatable bonds is 5. The van der Waals surface area contributed by atoms with Crippen molar-refractivity contribution in [3.05, 3.63) is 54.1 Å². The first-order chi connectivity index (χ1) is 11.6. The SMILES string of the molecule is CCc1ccccc1OS(=O)c1ccc(N2CCN(C)C2=O)cc1. The molecule has 0 radical (unpaired) electrons. The van der Waals surface area contributed by atoms with Crippen LogP contribution in [0.25, 0.3) is 0 Å². The summed E-state index contributed by atoms with van der Waals surface area (Å²) in [7, 11) is 1.78. The summed E-state index contributed by atoms with van der Waals surface area (Å²) in [4.78, 5) is 16.0. The van der Waals surface area contributed by atoms with Crippen LogP contribution in [0.1, 0.15) is 12.5 Å². The summed E-state index contributed by atoms with van der Waals surface area (Å²) in [6.45, 7) is 3.41. The van der Waals surface area contributed by atoms with Crippen molar-refractivity contribution in [1.82, 2.24) is 4.90 Å². The Balaban J connectivity index is 1.73. The molecule has 1 atom stereocenters. The zero-order chi connectivity index (χ0) is 17.1. The second-order valence-electron chi connectivity index (χ2n) is 5.63. The number of benzene rings is 2. The molecule has 1 heterocycles. The summed E-state index contributed by atoms with van der Waals surface area (Å²) in [5.74, 6) is 0.638. The summed E-state index contributed by atoms with van der Waals surface area (Å²) < 4.78 is 18.0. The zero-order valence-corrected chi connectivity index (χ0v) is 14.6. The van der Waals surface area contributed by atoms with Gasteiger partial charge in [0.25, 0.3) is 0 Å². The molecule has 0 saturated carbocycles. The third-order valence-electron chi connectivity index (χ3n) is 4.08. The van der Waals surface area contributed by atoms with Crippen molar-refractivity contribution in [3.63, 3.8) is 0 Å². The van der Waals surface area contributed by atoms with E-state index in [0.29, 0.717) is 23.7 Å². The molecule has 0 spiro atoms. The van der Waals surface area contributed by atoms with Crippen LogP contribution in [-0.4, -0.2) is 35.3 Å². The van der Waals surface area contributed by atoms with Crippen LogP contribution in [0.5, 0.6) is 5.75 Å². The van der Waals surface area contributed by atoms with Crippen molar-refractivity contribution < 1.29 is 13.2 Å². The minimum Gasteiger partial charge on any atom is -0.397 e. The van der Waals surface area contributed by atoms with Gasteiger partial charge in [-0.2, -0.15) is 0 Å². The number of urea groups is 1. The average molecular weight is 344 g/mol. The number of nitrogens with zero attached hydrogens (tertiary/aromatic N) is 2. The van der Waals surface area contributed by atoms with Crippen LogP contribution in [0.2, 0.25) is 0 Å². The Hall–Kier alpha value is -2.34. The van der Waals surface area contributed by atoms with E-state index in [4.69, 9.17) is 4.18 Å². The third kappa shape index (κ3) is 3.28. The molecule has 1 saturated heterocycles. The van der Waals surface area contributed by atoms with Crippen LogP contribution in [0.15, 0.2) is 53.4 Å². The lowest BCUT2D eigenvalue weighted by Crippen LogP contribution is -2.29. The Morgan fingerprint density at radius 3 is 2.42 bits per heavy atom. The smallest absolute Gasteiger partial charge is 0.324 e. The van der Waals surface area contributed by atoms with Crippen LogP contribution < -0.4 is 9.08 Å². The molecule has 2 aromatic carbocycles. The third-order valence-corrected chi connectivity index (χ3v) is 5.06. The predicted octanol–water partition coefficient (Wildman–Crippen LogP) is 3.22. The number of likely N-dealkylation sites (N-methyl/N-ethyl adjacent to an activating group) is 1. The quantitative estimate of drug-likeness (QED) is 0.837. The lowest BCUT2D eigenvalue weighted by atomic mass is 10.1. The van der Waals surface area contributed by atoms with Gasteiger partial charge in [0.15, 0.2) is 0 Å². The van der Waals surface area contributed by atoms with Crippen LogP contribution in [0.4, 0.5) is 10.5 Å². The number of para-hydroxylation sites is 1. The minimum absolute atomic E-state index is 0.0167. The summed E-state index contributed by atoms with van der Waals surface area (Å²) >= 11 is -1.59. The average Bonchev–Trinajstić information content (AvgIpc) is 2.94. The fourth-order valence-corrected chi connectivity index (χ4v) is 3.41. The molecule has 1 fully saturated rings. The van der Waals surface area contributed by atoms with Gasteiger partial charge in [-0.3, -0.25) is 4.90 Å². The Morgan fingerprint density at radius 2 is 1.79 bits per heavy atom. The van der Waals surface area contributed by atoms with Crippen LogP contribution in [0, 0.1) is 0 Å². The van der Waals surface area contributed by atoms with Crippen molar-refractivity contribution in [2.75, 3.05) is 25.0 Å². The molecule has 2 amide bonds. The van der Waals surface area contributed by atoms with Crippen molar-refractivity contribution in [2.45, 2.75) is 18.2 Å². The first-order valence-electron chi connectivity index (χ1n) is 7.91. The Bertz CT molecular complexity index is 761. The molecule has 0 bridgehead atoms. The van der Waals surface area contributed by atoms with Gasteiger partial charge in [0.1, 0.15) is 5.75 Å². The maximum atomic E-state index is 12.4. The Morgan fingerprint density at radius 1 is 1.08 bits per heavy atom. The second-order valence-corrected chi connectivity index (χ2v) is 6.74. The Labute approximate surface area is 144 Å². The van der Waals surface area contributed by atoms with Gasteiger partial charge in [-0.25, -0.2) is 9.00 Å². The lowest BCUT2D eigenvalue weighted by molar-refractivity contribution is 0.229. The molecule has 6 heteroatoms. The molecule has 0 N–H and O–H groups in total. The minimum atomic E-state index is -1.59. The van der Waals surface area contributed by atoms with E-state index in [2.05, 4.69) is 0 Å². The molecule has 2 aromatic rings. The second kappa shape index (κ2) is 7.05. The Kier molecular flexibility index (Phi) is 4.85. The number of hydrogen-bond acceptors (Lipinski definition) is 3. The molecule has 0 aliphatic carbocycles. The first-order valence-corrected chi connectivity index (χ1v) is 8.98. The normalized spacial score (nSPS) is 15.7. The first kappa shape index (κ1) is 16.5. The monoisotopic (exact) mass is 344 g/mol. The van der Waals surface area contributed by atoms with Gasteiger partial charge in [0.2, 0.25) is 11.1 Å². The molecule has 1 unspecified atom stereocenters. The number of aryl methyl sites for hydroxylation is 1. The molecule has 1 aliphatic heterocycles. The fourth-order valence-electron chi connectivity index (χ4n) is 2.63. The van der Waals surface area contributed by atoms with Crippen LogP contribution in [-0.2, 0) is 17.5 Å². The summed E-state index contributed by atoms with van der Waals surface area (Å²) in [6, 6.07) is 14.7. The van der Waals surface area contributed by atoms with Gasteiger partial charge in [-0.15, -0.1) is 0 Å². The molecule has 5 nitrogen and oxygen atoms in total. The highest BCUT2D eigenvalue weighted by Crippen LogP contribution is 2.24. The van der Waals surface area contributed by atoms with E-state index in [0.717, 1.165) is 17.7 Å². The summed E-state index contributed by atoms with van der Waals surface area (Å²) in [5.41, 5.74) is 1.83.